The third-order valence-electron chi connectivity index (χ3n) is 18.2. The number of aromatic amines is 6. The Morgan fingerprint density at radius 2 is 0.698 bits per heavy atom. The predicted octanol–water partition coefficient (Wildman–Crippen LogP) is 11.5. The zero-order chi connectivity index (χ0) is 144. The van der Waals surface area contributed by atoms with Gasteiger partial charge in [0.15, 0.2) is 8.47 Å². The van der Waals surface area contributed by atoms with Gasteiger partial charge in [0.25, 0.3) is 0 Å². The van der Waals surface area contributed by atoms with Crippen LogP contribution in [0.15, 0.2) is 146 Å². The van der Waals surface area contributed by atoms with Crippen molar-refractivity contribution in [3.8, 4) is 0 Å². The zero-order valence-electron chi connectivity index (χ0n) is 131. The quantitative estimate of drug-likeness (QED) is 0.0186. The zero-order valence-corrected chi connectivity index (χ0v) is 67.9. The van der Waals surface area contributed by atoms with Crippen LogP contribution < -0.4 is 31.9 Å². The first-order chi connectivity index (χ1) is 85.6. The van der Waals surface area contributed by atoms with Gasteiger partial charge in [0.1, 0.15) is 39.5 Å². The number of alkyl carbamates (subject to hydrolysis) is 6. The number of nitrogens with zero attached hydrogens (tertiary/aromatic N) is 6. The highest BCUT2D eigenvalue weighted by Crippen LogP contribution is 2.29. The summed E-state index contributed by atoms with van der Waals surface area (Å²) >= 11 is 0. The molecule has 12 N–H and O–H groups in total. The fourth-order valence-corrected chi connectivity index (χ4v) is 12.4. The van der Waals surface area contributed by atoms with E-state index in [1.165, 1.54) is 29.9 Å². The maximum Gasteiger partial charge on any atom is 0.407 e. The van der Waals surface area contributed by atoms with E-state index in [1.54, 1.807) is 13.2 Å². The van der Waals surface area contributed by atoms with Gasteiger partial charge in [0, 0.05) is 191 Å². The minimum atomic E-state index is -4.05. The third kappa shape index (κ3) is 26.5. The van der Waals surface area contributed by atoms with Crippen LogP contribution in [0.3, 0.4) is 0 Å². The average Bonchev–Trinajstić information content (AvgIpc) is 1.54. The molecule has 12 aromatic rings. The number of likely N-dealkylation sites (N-methyl/N-ethyl adjacent to an activating group) is 6. The Bertz CT molecular complexity index is 8840. The Morgan fingerprint density at radius 1 is 0.373 bits per heavy atom. The first kappa shape index (κ1) is 40.7. The second kappa shape index (κ2) is 43.7. The molecule has 6 amide bonds. The Kier molecular flexibility index (Phi) is 14.1. The molecule has 30 nitrogen and oxygen atoms in total. The first-order valence-corrected chi connectivity index (χ1v) is 38.0. The molecule has 0 aliphatic carbocycles. The van der Waals surface area contributed by atoms with E-state index >= 15 is 0 Å². The van der Waals surface area contributed by atoms with Gasteiger partial charge < -0.3 is 120 Å². The molecule has 30 heteroatoms. The van der Waals surface area contributed by atoms with Crippen molar-refractivity contribution >= 4 is 102 Å². The van der Waals surface area contributed by atoms with Crippen LogP contribution in [0.2, 0.25) is 8.47 Å². The summed E-state index contributed by atoms with van der Waals surface area (Å²) in [5, 5.41) is 7.37. The van der Waals surface area contributed by atoms with Crippen molar-refractivity contribution in [3.63, 3.8) is 0 Å². The number of fused-ring (bicyclic) bond motifs is 6. The highest BCUT2D eigenvalue weighted by atomic mass is 16.6. The van der Waals surface area contributed by atoms with Crippen LogP contribution in [0.5, 0.6) is 0 Å². The van der Waals surface area contributed by atoms with Crippen molar-refractivity contribution in [2.75, 3.05) is 163 Å². The number of benzene rings is 6. The number of hydrogen-bond donors (Lipinski definition) is 12. The van der Waals surface area contributed by atoms with Gasteiger partial charge in [-0.15, -0.1) is 0 Å². The molecule has 6 saturated heterocycles. The van der Waals surface area contributed by atoms with E-state index in [9.17, 15) is 28.8 Å². The molecule has 0 radical (unpaired) electrons. The lowest BCUT2D eigenvalue weighted by Crippen LogP contribution is -2.28. The molecule has 12 heterocycles. The van der Waals surface area contributed by atoms with Crippen LogP contribution in [-0.2, 0) is 105 Å². The normalized spacial score (nSPS) is 30.3. The molecule has 6 aromatic heterocycles. The monoisotopic (exact) mass is 1790 g/mol. The molecule has 0 spiro atoms. The van der Waals surface area contributed by atoms with Crippen LogP contribution in [0.25, 0.3) is 65.4 Å². The van der Waals surface area contributed by atoms with Crippen molar-refractivity contribution in [2.45, 2.75) is 113 Å². The van der Waals surface area contributed by atoms with Gasteiger partial charge >= 0.3 is 36.6 Å². The molecular formula is C96H126N18O12. The fraction of sp³-hybridized carbons (Fsp3) is 0.438. The second-order valence-electron chi connectivity index (χ2n) is 28.4. The number of H-pyrrole nitrogens is 6. The van der Waals surface area contributed by atoms with E-state index in [0.29, 0.717) is 30.7 Å². The highest BCUT2D eigenvalue weighted by molar-refractivity contribution is 5.88. The summed E-state index contributed by atoms with van der Waals surface area (Å²) in [6, 6.07) is -3.04. The number of nitrogens with one attached hydrogen (secondary N) is 12. The minimum Gasteiger partial charge on any atom is -0.447 e. The first-order valence-electron chi connectivity index (χ1n) is 69.2. The maximum absolute atomic E-state index is 11.8. The summed E-state index contributed by atoms with van der Waals surface area (Å²) < 4.78 is 534. The van der Waals surface area contributed by atoms with Gasteiger partial charge in [0.05, 0.1) is 65.0 Å². The molecule has 6 aliphatic heterocycles. The maximum atomic E-state index is 11.8. The molecule has 0 saturated carbocycles. The number of aromatic nitrogens is 6. The number of rotatable bonds is 30. The number of ether oxygens (including phenoxy) is 6. The molecule has 672 valence electrons. The molecule has 6 aliphatic rings. The summed E-state index contributed by atoms with van der Waals surface area (Å²) in [5.74, 6) is 0. The Balaban J connectivity index is 0.000000185. The van der Waals surface area contributed by atoms with Crippen molar-refractivity contribution in [3.05, 3.63) is 213 Å². The Hall–Kier alpha value is -12.1. The van der Waals surface area contributed by atoms with Crippen molar-refractivity contribution < 1.29 is 144 Å². The van der Waals surface area contributed by atoms with E-state index in [-0.39, 0.29) is 75.0 Å². The largest absolute Gasteiger partial charge is 0.447 e. The Morgan fingerprint density at radius 3 is 1.00 bits per heavy atom. The number of carbonyl (C=O) groups excluding carboxylic acids is 6. The van der Waals surface area contributed by atoms with Gasteiger partial charge in [0.2, 0.25) is 0 Å². The minimum absolute atomic E-state index is 0.0103. The standard InChI is InChI=1S/6C16H21N3O2/c6*1-19(2)6-5-12-9-17-15-4-3-11(8-14(12)15)7-13-10-21-16(20)18-13/h6*3-4,8-9,13,17H,5-7,10H2,1-2H3,(H,18,20)/t6*13-/m000000/s1/i1D3,2D3,3D,4D,5D2,6D2,7D2,8D,9D,10D2;1D3,3D,4D,5D2,6D2,7D2,8D,9D,10D2;3D,4D,5D2,6D2,7D2,8D,9D,10D2;1D3,2D3,13D;1D3,13D;13D/hD6. The van der Waals surface area contributed by atoms with E-state index in [1.807, 2.05) is 54.7 Å². The lowest BCUT2D eigenvalue weighted by molar-refractivity contribution is 0.176. The van der Waals surface area contributed by atoms with E-state index < -0.39 is 336 Å². The average molecular weight is 1790 g/mol. The molecular weight excluding hydrogens is 1600 g/mol. The van der Waals surface area contributed by atoms with Crippen LogP contribution in [0.1, 0.15) is 145 Å². The SMILES string of the molecule is [2H]C([2H])([2H])N(C)CCc1c[nH]c2ccc(C[C@@]3([2H])COC(=O)N3)cc12.[2H]C([2H])([2H])N(CCc1c[nH]c2ccc(C[C@@]3([2H])COC(=O)N3)cc12)C([2H])([2H])[2H].[2H][C@]1(Cc2ccc3[nH]cc(CCN(C)C)c3c2)COC(=O)N1.[2H]c1c(C([2H])([2H])[C@@H]2N([2H])C(=O)OC2([2H])[2H])c([2H])c2c(C([2H])([2H])C([2H])([2H])N(C([2H])([2H])[2H])C([2H])([2H])[2H])c([2H])n([2H])c2c1[2H].[2H]c1c(C([2H])([2H])[C@@H]2N([2H])C(=O)OC2([2H])[2H])c([2H])c2c(C([2H])([2H])C([2H])([2H])N(C)C([2H])([2H])[2H])c([2H])n([2H])c2c1[2H].[2H]c1c(C([2H])([2H])[C@@H]2N([2H])C(=O)OC2([2H])[2H])c([2H])c2c(C([2H])([2H])C([2H])([2H])N(C)C)c([2H])n([2H])c2c1[2H]. The number of hydrogen-bond acceptors (Lipinski definition) is 18. The van der Waals surface area contributed by atoms with Crippen LogP contribution in [0.4, 0.5) is 28.8 Å². The number of aryl methyl sites for hydroxylation is 3. The van der Waals surface area contributed by atoms with Gasteiger partial charge in [-0.2, -0.15) is 0 Å². The van der Waals surface area contributed by atoms with Crippen LogP contribution >= 0.6 is 0 Å². The molecule has 6 fully saturated rings. The molecule has 18 rings (SSSR count). The smallest absolute Gasteiger partial charge is 0.407 e. The molecule has 6 aromatic carbocycles. The lowest BCUT2D eigenvalue weighted by Gasteiger charge is -2.09. The van der Waals surface area contributed by atoms with Crippen LogP contribution in [-0.4, -0.2) is 295 Å². The Labute approximate surface area is 825 Å². The van der Waals surface area contributed by atoms with Crippen molar-refractivity contribution in [1.29, 1.82) is 0 Å². The highest BCUT2D eigenvalue weighted by Gasteiger charge is 2.29. The van der Waals surface area contributed by atoms with E-state index in [0.717, 1.165) is 80.1 Å². The summed E-state index contributed by atoms with van der Waals surface area (Å²) in [5.41, 5.74) is -0.226. The molecule has 0 bridgehead atoms. The second-order valence-corrected chi connectivity index (χ2v) is 28.4. The molecule has 0 unspecified atom stereocenters. The van der Waals surface area contributed by atoms with Gasteiger partial charge in [-0.3, -0.25) is 0 Å². The van der Waals surface area contributed by atoms with E-state index in [4.69, 9.17) is 101 Å². The van der Waals surface area contributed by atoms with Crippen molar-refractivity contribution in [2.24, 2.45) is 0 Å². The predicted molar refractivity (Wildman–Crippen MR) is 495 cm³/mol. The summed E-state index contributed by atoms with van der Waals surface area (Å²) in [6.07, 6.45) is -21.7. The fourth-order valence-electron chi connectivity index (χ4n) is 12.4. The van der Waals surface area contributed by atoms with Gasteiger partial charge in [-0.25, -0.2) is 28.8 Å². The van der Waals surface area contributed by atoms with Crippen LogP contribution in [0, 0.1) is 0 Å². The summed E-state index contributed by atoms with van der Waals surface area (Å²) in [7, 11) is 8.87. The number of cyclic esters (lactones) is 6. The van der Waals surface area contributed by atoms with Crippen molar-refractivity contribution in [1.82, 2.24) is 91.2 Å². The number of amides is 6. The third-order valence-corrected chi connectivity index (χ3v) is 18.2. The summed E-state index contributed by atoms with van der Waals surface area (Å²) in [4.78, 5) is 83.1. The topological polar surface area (TPSA) is 344 Å². The lowest BCUT2D eigenvalue weighted by atomic mass is 10.0. The summed E-state index contributed by atoms with van der Waals surface area (Å²) in [6.45, 7) is -36.8. The molecule has 6 atom stereocenters. The van der Waals surface area contributed by atoms with E-state index in [2.05, 4.69) is 76.4 Å². The number of carbonyl (C=O) groups is 6. The molecule has 126 heavy (non-hydrogen) atoms. The van der Waals surface area contributed by atoms with Gasteiger partial charge in [-0.05, 0) is 300 Å². The van der Waals surface area contributed by atoms with Gasteiger partial charge in [-0.1, -0.05) is 36.3 Å².